The standard InChI is InChI=1S/C6H11ClO/c1-5(2)3-4-6(7)8/h5H,3-4H2,1-2H3/i1D3,2D3,3D2,4D2,5D. The normalized spacial score (nSPS) is 38.4. The van der Waals surface area contributed by atoms with Gasteiger partial charge in [-0.1, -0.05) is 13.7 Å². The molecule has 1 nitrogen and oxygen atoms in total. The van der Waals surface area contributed by atoms with Gasteiger partial charge in [0.2, 0.25) is 5.24 Å². The summed E-state index contributed by atoms with van der Waals surface area (Å²) in [5.74, 6) is -3.86. The fourth-order valence-electron chi connectivity index (χ4n) is 0.112. The van der Waals surface area contributed by atoms with Crippen LogP contribution in [0.1, 0.15) is 41.5 Å². The van der Waals surface area contributed by atoms with Crippen LogP contribution in [-0.4, -0.2) is 5.24 Å². The molecule has 0 aromatic carbocycles. The molecule has 0 rings (SSSR count). The fourth-order valence-corrected chi connectivity index (χ4v) is 0.159. The minimum Gasteiger partial charge on any atom is -0.281 e. The number of rotatable bonds is 3. The molecule has 0 aromatic rings. The summed E-state index contributed by atoms with van der Waals surface area (Å²) in [6.45, 7) is -7.41. The molecule has 0 saturated carbocycles. The summed E-state index contributed by atoms with van der Waals surface area (Å²) in [7, 11) is 0. The molecule has 0 aromatic heterocycles. The van der Waals surface area contributed by atoms with Crippen molar-refractivity contribution in [3.8, 4) is 0 Å². The largest absolute Gasteiger partial charge is 0.281 e. The maximum Gasteiger partial charge on any atom is 0.221 e. The SMILES string of the molecule is [2H]C([2H])([2H])C([2H])(C([2H])([2H])[2H])C([2H])([2H])C([2H])([2H])C(=O)Cl. The van der Waals surface area contributed by atoms with Gasteiger partial charge >= 0.3 is 0 Å². The molecule has 8 heavy (non-hydrogen) atoms. The van der Waals surface area contributed by atoms with Crippen LogP contribution >= 0.6 is 11.6 Å². The molecule has 0 radical (unpaired) electrons. The molecule has 0 aliphatic rings. The van der Waals surface area contributed by atoms with Gasteiger partial charge < -0.3 is 0 Å². The number of hydrogen-bond donors (Lipinski definition) is 0. The zero-order chi connectivity index (χ0) is 16.1. The number of halogens is 1. The Hall–Kier alpha value is -0.0400. The molecule has 0 aliphatic heterocycles. The van der Waals surface area contributed by atoms with E-state index in [9.17, 15) is 4.79 Å². The van der Waals surface area contributed by atoms with Gasteiger partial charge in [0.05, 0.1) is 0 Å². The number of carbonyl (C=O) groups is 1. The predicted molar refractivity (Wildman–Crippen MR) is 34.9 cm³/mol. The van der Waals surface area contributed by atoms with Crippen molar-refractivity contribution < 1.29 is 19.9 Å². The summed E-state index contributed by atoms with van der Waals surface area (Å²) in [5, 5.41) is -1.91. The molecule has 0 fully saturated rings. The molecule has 0 N–H and O–H groups in total. The average Bonchev–Trinajstić information content (AvgIpc) is 2.11. The summed E-state index contributed by atoms with van der Waals surface area (Å²) < 4.78 is 79.0. The minimum atomic E-state index is -3.87. The van der Waals surface area contributed by atoms with Crippen LogP contribution in [-0.2, 0) is 4.79 Å². The lowest BCUT2D eigenvalue weighted by Crippen LogP contribution is -1.91. The minimum absolute atomic E-state index is 1.91. The van der Waals surface area contributed by atoms with Crippen molar-refractivity contribution in [2.24, 2.45) is 5.89 Å². The van der Waals surface area contributed by atoms with Crippen LogP contribution in [0.3, 0.4) is 0 Å². The van der Waals surface area contributed by atoms with Gasteiger partial charge in [-0.2, -0.15) is 0 Å². The molecule has 48 valence electrons. The van der Waals surface area contributed by atoms with Crippen molar-refractivity contribution in [1.82, 2.24) is 0 Å². The highest BCUT2D eigenvalue weighted by Crippen LogP contribution is 2.04. The molecule has 0 aliphatic carbocycles. The van der Waals surface area contributed by atoms with Crippen molar-refractivity contribution in [2.45, 2.75) is 26.4 Å². The molecule has 0 atom stereocenters. The lowest BCUT2D eigenvalue weighted by molar-refractivity contribution is -0.111. The predicted octanol–water partition coefficient (Wildman–Crippen LogP) is 2.19. The average molecular weight is 146 g/mol. The molecule has 0 bridgehead atoms. The molecule has 2 heteroatoms. The Bertz CT molecular complexity index is 352. The lowest BCUT2D eigenvalue weighted by Gasteiger charge is -1.97. The Balaban J connectivity index is 6.29. The summed E-state index contributed by atoms with van der Waals surface area (Å²) in [6.07, 6.45) is -7.52. The highest BCUT2D eigenvalue weighted by Gasteiger charge is 1.97. The van der Waals surface area contributed by atoms with Gasteiger partial charge in [-0.3, -0.25) is 4.79 Å². The van der Waals surface area contributed by atoms with Gasteiger partial charge in [-0.15, -0.1) is 0 Å². The van der Waals surface area contributed by atoms with E-state index in [0.29, 0.717) is 0 Å². The zero-order valence-electron chi connectivity index (χ0n) is 14.8. The molecular weight excluding hydrogens is 124 g/mol. The first kappa shape index (κ1) is 1.20. The third-order valence-electron chi connectivity index (χ3n) is 0.286. The van der Waals surface area contributed by atoms with Crippen molar-refractivity contribution in [3.05, 3.63) is 0 Å². The molecule has 0 heterocycles. The van der Waals surface area contributed by atoms with E-state index in [1.54, 1.807) is 0 Å². The van der Waals surface area contributed by atoms with Gasteiger partial charge in [-0.05, 0) is 23.9 Å². The second kappa shape index (κ2) is 3.90. The van der Waals surface area contributed by atoms with E-state index in [1.807, 2.05) is 0 Å². The van der Waals surface area contributed by atoms with E-state index in [0.717, 1.165) is 0 Å². The zero-order valence-corrected chi connectivity index (χ0v) is 4.54. The fraction of sp³-hybridized carbons (Fsp3) is 0.833. The van der Waals surface area contributed by atoms with Gasteiger partial charge in [-0.25, -0.2) is 0 Å². The highest BCUT2D eigenvalue weighted by atomic mass is 35.5. The summed E-state index contributed by atoms with van der Waals surface area (Å²) in [4.78, 5) is 10.9. The van der Waals surface area contributed by atoms with Gasteiger partial charge in [0, 0.05) is 21.5 Å². The quantitative estimate of drug-likeness (QED) is 0.557. The van der Waals surface area contributed by atoms with Crippen molar-refractivity contribution in [2.75, 3.05) is 0 Å². The van der Waals surface area contributed by atoms with E-state index >= 15 is 0 Å². The molecular formula is C6H11ClO. The lowest BCUT2D eigenvalue weighted by atomic mass is 10.1. The van der Waals surface area contributed by atoms with E-state index in [2.05, 4.69) is 0 Å². The molecule has 0 amide bonds. The summed E-state index contributed by atoms with van der Waals surface area (Å²) in [5.41, 5.74) is 0. The van der Waals surface area contributed by atoms with Crippen LogP contribution in [0.25, 0.3) is 0 Å². The topological polar surface area (TPSA) is 17.1 Å². The Morgan fingerprint density at radius 1 is 2.12 bits per heavy atom. The van der Waals surface area contributed by atoms with E-state index in [4.69, 9.17) is 26.7 Å². The van der Waals surface area contributed by atoms with Crippen LogP contribution in [0.4, 0.5) is 0 Å². The van der Waals surface area contributed by atoms with Crippen molar-refractivity contribution >= 4 is 16.8 Å². The first-order chi connectivity index (χ1) is 7.94. The second-order valence-corrected chi connectivity index (χ2v) is 1.24. The maximum absolute atomic E-state index is 10.9. The Labute approximate surface area is 70.5 Å². The first-order valence-corrected chi connectivity index (χ1v) is 2.02. The summed E-state index contributed by atoms with van der Waals surface area (Å²) in [6, 6.07) is 0. The van der Waals surface area contributed by atoms with Crippen LogP contribution in [0, 0.1) is 5.89 Å². The highest BCUT2D eigenvalue weighted by molar-refractivity contribution is 6.63. The monoisotopic (exact) mass is 145 g/mol. The summed E-state index contributed by atoms with van der Waals surface area (Å²) >= 11 is 4.86. The molecule has 0 spiro atoms. The van der Waals surface area contributed by atoms with E-state index in [-0.39, 0.29) is 0 Å². The van der Waals surface area contributed by atoms with Crippen molar-refractivity contribution in [3.63, 3.8) is 0 Å². The third kappa shape index (κ3) is 5.96. The van der Waals surface area contributed by atoms with Crippen LogP contribution in [0.2, 0.25) is 0 Å². The molecule has 0 unspecified atom stereocenters. The van der Waals surface area contributed by atoms with E-state index in [1.165, 1.54) is 0 Å². The Morgan fingerprint density at radius 2 is 2.75 bits per heavy atom. The Kier molecular flexibility index (Phi) is 0.583. The second-order valence-electron chi connectivity index (χ2n) is 0.899. The van der Waals surface area contributed by atoms with Crippen LogP contribution < -0.4 is 0 Å². The number of hydrogen-bond acceptors (Lipinski definition) is 1. The van der Waals surface area contributed by atoms with Crippen LogP contribution in [0.5, 0.6) is 0 Å². The molecule has 0 saturated heterocycles. The number of carbonyl (C=O) groups excluding carboxylic acids is 1. The smallest absolute Gasteiger partial charge is 0.221 e. The van der Waals surface area contributed by atoms with E-state index < -0.39 is 37.6 Å². The first-order valence-electron chi connectivity index (χ1n) is 7.14. The van der Waals surface area contributed by atoms with Crippen LogP contribution in [0.15, 0.2) is 0 Å². The van der Waals surface area contributed by atoms with Crippen molar-refractivity contribution in [1.29, 1.82) is 0 Å². The maximum atomic E-state index is 10.9. The van der Waals surface area contributed by atoms with Gasteiger partial charge in [0.25, 0.3) is 0 Å². The van der Waals surface area contributed by atoms with Gasteiger partial charge in [0.15, 0.2) is 0 Å². The van der Waals surface area contributed by atoms with Gasteiger partial charge in [0.1, 0.15) is 0 Å². The third-order valence-corrected chi connectivity index (χ3v) is 0.380. The Morgan fingerprint density at radius 3 is 3.12 bits per heavy atom.